The average molecular weight is 607 g/mol. The molecule has 3 aromatic heterocycles. The van der Waals surface area contributed by atoms with Crippen molar-refractivity contribution in [3.63, 3.8) is 0 Å². The molecule has 0 atom stereocenters. The van der Waals surface area contributed by atoms with Gasteiger partial charge in [-0.2, -0.15) is 5.10 Å². The van der Waals surface area contributed by atoms with Crippen LogP contribution >= 0.6 is 0 Å². The van der Waals surface area contributed by atoms with E-state index in [4.69, 9.17) is 14.3 Å². The summed E-state index contributed by atoms with van der Waals surface area (Å²) in [6.45, 7) is 2.36. The molecule has 0 saturated heterocycles. The Hall–Kier alpha value is -5.49. The first kappa shape index (κ1) is 27.3. The average Bonchev–Trinajstić information content (AvgIpc) is 3.60. The molecule has 7 rings (SSSR count). The molecule has 0 aliphatic carbocycles. The fourth-order valence-electron chi connectivity index (χ4n) is 5.62. The number of anilines is 1. The Bertz CT molecular complexity index is 2260. The zero-order valence-electron chi connectivity index (χ0n) is 23.7. The van der Waals surface area contributed by atoms with Crippen LogP contribution in [-0.4, -0.2) is 39.6 Å². The number of aromatic amines is 1. The molecule has 0 amide bonds. The number of H-pyrrole nitrogens is 1. The third-order valence-electron chi connectivity index (χ3n) is 7.41. The van der Waals surface area contributed by atoms with Gasteiger partial charge in [0, 0.05) is 28.4 Å². The van der Waals surface area contributed by atoms with Crippen molar-refractivity contribution >= 4 is 37.8 Å². The first-order valence-electron chi connectivity index (χ1n) is 13.8. The Morgan fingerprint density at radius 3 is 2.70 bits per heavy atom. The standard InChI is InChI=1S/C32H26N6O5S/c1-3-25(19-7-4-9-23(13-19)37-44(2,40)41)29-26-11-6-12-33-31(26)42-18-22-16-28-21(15-27(22)29)17-34-38(28)24-10-5-8-20(14-24)30-35-36-32(39)43-30/h4-17,37H,3,18H2,1-2H3,(H,36,39)/b29-25+. The van der Waals surface area contributed by atoms with Gasteiger partial charge in [0.15, 0.2) is 0 Å². The van der Waals surface area contributed by atoms with E-state index in [1.54, 1.807) is 12.3 Å². The van der Waals surface area contributed by atoms with Gasteiger partial charge in [0.25, 0.3) is 0 Å². The molecular weight excluding hydrogens is 580 g/mol. The van der Waals surface area contributed by atoms with Crippen LogP contribution in [0.2, 0.25) is 0 Å². The minimum absolute atomic E-state index is 0.193. The van der Waals surface area contributed by atoms with Crippen molar-refractivity contribution in [2.75, 3.05) is 11.0 Å². The number of pyridine rings is 1. The number of aromatic nitrogens is 5. The van der Waals surface area contributed by atoms with E-state index in [9.17, 15) is 13.2 Å². The lowest BCUT2D eigenvalue weighted by atomic mass is 9.86. The number of allylic oxidation sites excluding steroid dienone is 1. The van der Waals surface area contributed by atoms with E-state index in [0.717, 1.165) is 56.2 Å². The van der Waals surface area contributed by atoms with E-state index in [-0.39, 0.29) is 12.5 Å². The summed E-state index contributed by atoms with van der Waals surface area (Å²) in [7, 11) is -3.45. The van der Waals surface area contributed by atoms with Gasteiger partial charge in [-0.15, -0.1) is 5.10 Å². The van der Waals surface area contributed by atoms with Crippen LogP contribution in [0.3, 0.4) is 0 Å². The Kier molecular flexibility index (Phi) is 6.62. The van der Waals surface area contributed by atoms with Crippen molar-refractivity contribution < 1.29 is 17.6 Å². The van der Waals surface area contributed by atoms with Crippen LogP contribution < -0.4 is 15.2 Å². The van der Waals surface area contributed by atoms with Crippen molar-refractivity contribution in [2.24, 2.45) is 0 Å². The quantitative estimate of drug-likeness (QED) is 0.257. The van der Waals surface area contributed by atoms with Gasteiger partial charge in [-0.25, -0.2) is 28.0 Å². The first-order chi connectivity index (χ1) is 21.3. The molecule has 0 saturated carbocycles. The predicted octanol–water partition coefficient (Wildman–Crippen LogP) is 5.40. The summed E-state index contributed by atoms with van der Waals surface area (Å²) in [4.78, 5) is 16.1. The summed E-state index contributed by atoms with van der Waals surface area (Å²) in [6.07, 6.45) is 5.32. The molecule has 220 valence electrons. The van der Waals surface area contributed by atoms with E-state index >= 15 is 0 Å². The number of nitrogens with zero attached hydrogens (tertiary/aromatic N) is 4. The van der Waals surface area contributed by atoms with Gasteiger partial charge < -0.3 is 9.15 Å². The summed E-state index contributed by atoms with van der Waals surface area (Å²) in [5.74, 6) is 0.0919. The first-order valence-corrected chi connectivity index (χ1v) is 15.7. The van der Waals surface area contributed by atoms with Crippen molar-refractivity contribution in [2.45, 2.75) is 20.0 Å². The lowest BCUT2D eigenvalue weighted by Gasteiger charge is -2.18. The maximum atomic E-state index is 12.0. The smallest absolute Gasteiger partial charge is 0.434 e. The number of sulfonamides is 1. The van der Waals surface area contributed by atoms with E-state index in [2.05, 4.69) is 39.0 Å². The number of hydrogen-bond acceptors (Lipinski definition) is 8. The summed E-state index contributed by atoms with van der Waals surface area (Å²) in [6, 6.07) is 22.9. The monoisotopic (exact) mass is 606 g/mol. The van der Waals surface area contributed by atoms with Crippen LogP contribution in [0.25, 0.3) is 39.2 Å². The number of fused-ring (bicyclic) bond motifs is 3. The second-order valence-corrected chi connectivity index (χ2v) is 12.1. The van der Waals surface area contributed by atoms with Crippen LogP contribution in [0.1, 0.15) is 35.6 Å². The molecule has 1 aliphatic rings. The van der Waals surface area contributed by atoms with Crippen LogP contribution in [-0.2, 0) is 16.6 Å². The highest BCUT2D eigenvalue weighted by atomic mass is 32.2. The second kappa shape index (κ2) is 10.7. The van der Waals surface area contributed by atoms with Gasteiger partial charge in [0.2, 0.25) is 21.8 Å². The van der Waals surface area contributed by atoms with Crippen molar-refractivity contribution in [1.29, 1.82) is 0 Å². The van der Waals surface area contributed by atoms with E-state index in [1.165, 1.54) is 0 Å². The van der Waals surface area contributed by atoms with Gasteiger partial charge in [0.05, 0.1) is 23.7 Å². The van der Waals surface area contributed by atoms with Crippen molar-refractivity contribution in [1.82, 2.24) is 25.0 Å². The van der Waals surface area contributed by atoms with Gasteiger partial charge in [-0.05, 0) is 88.9 Å². The molecule has 3 aromatic carbocycles. The maximum absolute atomic E-state index is 12.0. The fraction of sp³-hybridized carbons (Fsp3) is 0.125. The zero-order chi connectivity index (χ0) is 30.4. The van der Waals surface area contributed by atoms with Crippen LogP contribution in [0.15, 0.2) is 94.4 Å². The number of benzene rings is 3. The molecule has 44 heavy (non-hydrogen) atoms. The lowest BCUT2D eigenvalue weighted by Crippen LogP contribution is -2.09. The number of nitrogens with one attached hydrogen (secondary N) is 2. The van der Waals surface area contributed by atoms with Crippen LogP contribution in [0.4, 0.5) is 5.69 Å². The van der Waals surface area contributed by atoms with E-state index < -0.39 is 15.8 Å². The summed E-state index contributed by atoms with van der Waals surface area (Å²) in [5.41, 5.74) is 8.39. The topological polar surface area (TPSA) is 145 Å². The highest BCUT2D eigenvalue weighted by Gasteiger charge is 2.25. The van der Waals surface area contributed by atoms with Gasteiger partial charge >= 0.3 is 5.76 Å². The number of rotatable bonds is 6. The number of hydrogen-bond donors (Lipinski definition) is 2. The molecule has 0 bridgehead atoms. The predicted molar refractivity (Wildman–Crippen MR) is 167 cm³/mol. The Morgan fingerprint density at radius 1 is 1.05 bits per heavy atom. The molecule has 0 fully saturated rings. The van der Waals surface area contributed by atoms with E-state index in [0.29, 0.717) is 23.6 Å². The Labute approximate surface area is 251 Å². The SMILES string of the molecule is CC/C(=C1\c2cc3cnn(-c4cccc(-c5n[nH]c(=O)o5)c4)c3cc2COc2ncccc21)c1cccc(NS(C)(=O)=O)c1. The molecule has 12 heteroatoms. The summed E-state index contributed by atoms with van der Waals surface area (Å²) in [5, 5.41) is 11.8. The fourth-order valence-corrected chi connectivity index (χ4v) is 6.18. The highest BCUT2D eigenvalue weighted by Crippen LogP contribution is 2.43. The molecule has 6 aromatic rings. The molecule has 11 nitrogen and oxygen atoms in total. The third-order valence-corrected chi connectivity index (χ3v) is 8.02. The largest absolute Gasteiger partial charge is 0.472 e. The third kappa shape index (κ3) is 5.05. The molecule has 1 aliphatic heterocycles. The minimum atomic E-state index is -3.45. The van der Waals surface area contributed by atoms with Crippen molar-refractivity contribution in [3.8, 4) is 23.0 Å². The molecule has 0 radical (unpaired) electrons. The van der Waals surface area contributed by atoms with Crippen LogP contribution in [0, 0.1) is 0 Å². The zero-order valence-corrected chi connectivity index (χ0v) is 24.6. The molecule has 0 unspecified atom stereocenters. The summed E-state index contributed by atoms with van der Waals surface area (Å²) >= 11 is 0. The Balaban J connectivity index is 1.42. The minimum Gasteiger partial charge on any atom is -0.472 e. The second-order valence-electron chi connectivity index (χ2n) is 10.4. The molecule has 4 heterocycles. The molecular formula is C32H26N6O5S. The maximum Gasteiger partial charge on any atom is 0.434 e. The van der Waals surface area contributed by atoms with Gasteiger partial charge in [0.1, 0.15) is 6.61 Å². The van der Waals surface area contributed by atoms with Gasteiger partial charge in [-0.3, -0.25) is 4.72 Å². The van der Waals surface area contributed by atoms with Gasteiger partial charge in [-0.1, -0.05) is 25.1 Å². The van der Waals surface area contributed by atoms with Crippen molar-refractivity contribution in [3.05, 3.63) is 118 Å². The lowest BCUT2D eigenvalue weighted by molar-refractivity contribution is 0.295. The molecule has 0 spiro atoms. The normalized spacial score (nSPS) is 14.0. The number of ether oxygens (including phenoxy) is 1. The highest BCUT2D eigenvalue weighted by molar-refractivity contribution is 7.92. The Morgan fingerprint density at radius 2 is 1.91 bits per heavy atom. The van der Waals surface area contributed by atoms with Crippen LogP contribution in [0.5, 0.6) is 5.88 Å². The molecule has 2 N–H and O–H groups in total. The van der Waals surface area contributed by atoms with E-state index in [1.807, 2.05) is 65.5 Å². The summed E-state index contributed by atoms with van der Waals surface area (Å²) < 4.78 is 39.8.